The Hall–Kier alpha value is -1.92. The maximum Gasteiger partial charge on any atom is 0.197 e. The van der Waals surface area contributed by atoms with Crippen LogP contribution in [0.25, 0.3) is 11.0 Å². The van der Waals surface area contributed by atoms with Crippen LogP contribution in [0.5, 0.6) is 5.75 Å². The fourth-order valence-electron chi connectivity index (χ4n) is 2.92. The molecule has 1 atom stereocenters. The van der Waals surface area contributed by atoms with E-state index in [1.54, 1.807) is 12.1 Å². The van der Waals surface area contributed by atoms with E-state index in [1.165, 1.54) is 0 Å². The molecule has 0 saturated carbocycles. The molecule has 7 heteroatoms. The van der Waals surface area contributed by atoms with Gasteiger partial charge in [-0.1, -0.05) is 11.6 Å². The average Bonchev–Trinajstić information content (AvgIpc) is 2.97. The number of imidazole rings is 1. The number of nitrogens with zero attached hydrogens (tertiary/aromatic N) is 2. The van der Waals surface area contributed by atoms with Crippen LogP contribution in [-0.4, -0.2) is 24.8 Å². The van der Waals surface area contributed by atoms with Gasteiger partial charge in [0.2, 0.25) is 0 Å². The lowest BCUT2D eigenvalue weighted by Gasteiger charge is -2.32. The number of aryl methyl sites for hydroxylation is 1. The van der Waals surface area contributed by atoms with Crippen LogP contribution in [0, 0.1) is 0 Å². The minimum Gasteiger partial charge on any atom is -0.487 e. The first-order valence-electron chi connectivity index (χ1n) is 8.10. The Morgan fingerprint density at radius 1 is 1.36 bits per heavy atom. The zero-order valence-electron chi connectivity index (χ0n) is 14.0. The van der Waals surface area contributed by atoms with Crippen LogP contribution >= 0.6 is 11.6 Å². The van der Waals surface area contributed by atoms with Crippen molar-refractivity contribution in [3.8, 4) is 5.75 Å². The number of halogens is 1. The van der Waals surface area contributed by atoms with E-state index in [0.29, 0.717) is 10.2 Å². The standard InChI is InChI=1S/C18H18ClN3O2S/c1-18(2)6-5-11-9-20-13(8-16(11)24-18)10-25(23)17-21-14-4-3-12(19)7-15(14)22-17/h3-4,7-9H,5-6,10H2,1-2H3,(H,21,22). The molecule has 1 N–H and O–H groups in total. The molecule has 1 aromatic carbocycles. The van der Waals surface area contributed by atoms with Crippen LogP contribution in [0.15, 0.2) is 35.6 Å². The second-order valence-electron chi connectivity index (χ2n) is 6.84. The Kier molecular flexibility index (Phi) is 4.04. The number of aromatic nitrogens is 3. The largest absolute Gasteiger partial charge is 0.487 e. The minimum absolute atomic E-state index is 0.178. The van der Waals surface area contributed by atoms with Gasteiger partial charge in [-0.3, -0.25) is 9.19 Å². The molecule has 5 nitrogen and oxygen atoms in total. The number of nitrogens with one attached hydrogen (secondary N) is 1. The molecule has 130 valence electrons. The third-order valence-electron chi connectivity index (χ3n) is 4.30. The van der Waals surface area contributed by atoms with Gasteiger partial charge in [-0.25, -0.2) is 4.98 Å². The minimum atomic E-state index is -1.32. The first-order chi connectivity index (χ1) is 11.9. The number of pyridine rings is 1. The van der Waals surface area contributed by atoms with E-state index in [0.717, 1.165) is 40.9 Å². The molecule has 0 radical (unpaired) electrons. The molecule has 2 aromatic heterocycles. The number of hydrogen-bond acceptors (Lipinski definition) is 4. The highest BCUT2D eigenvalue weighted by molar-refractivity contribution is 7.84. The quantitative estimate of drug-likeness (QED) is 0.750. The predicted molar refractivity (Wildman–Crippen MR) is 98.5 cm³/mol. The molecule has 0 amide bonds. The number of hydrogen-bond donors (Lipinski definition) is 1. The fourth-order valence-corrected chi connectivity index (χ4v) is 4.08. The molecule has 0 bridgehead atoms. The summed E-state index contributed by atoms with van der Waals surface area (Å²) in [5.41, 5.74) is 3.18. The van der Waals surface area contributed by atoms with Crippen molar-refractivity contribution in [2.45, 2.75) is 43.2 Å². The number of fused-ring (bicyclic) bond motifs is 2. The number of H-pyrrole nitrogens is 1. The zero-order valence-corrected chi connectivity index (χ0v) is 15.6. The van der Waals surface area contributed by atoms with Crippen molar-refractivity contribution in [1.82, 2.24) is 15.0 Å². The van der Waals surface area contributed by atoms with Gasteiger partial charge < -0.3 is 9.72 Å². The number of rotatable bonds is 3. The highest BCUT2D eigenvalue weighted by Crippen LogP contribution is 2.33. The highest BCUT2D eigenvalue weighted by Gasteiger charge is 2.27. The molecule has 1 aliphatic rings. The van der Waals surface area contributed by atoms with Crippen LogP contribution in [0.2, 0.25) is 5.02 Å². The van der Waals surface area contributed by atoms with Crippen molar-refractivity contribution < 1.29 is 8.95 Å². The highest BCUT2D eigenvalue weighted by atomic mass is 35.5. The van der Waals surface area contributed by atoms with Crippen molar-refractivity contribution in [3.63, 3.8) is 0 Å². The second kappa shape index (κ2) is 6.11. The lowest BCUT2D eigenvalue weighted by molar-refractivity contribution is 0.0843. The second-order valence-corrected chi connectivity index (χ2v) is 8.64. The van der Waals surface area contributed by atoms with E-state index < -0.39 is 10.8 Å². The Morgan fingerprint density at radius 3 is 3.04 bits per heavy atom. The van der Waals surface area contributed by atoms with Crippen molar-refractivity contribution in [2.75, 3.05) is 0 Å². The third kappa shape index (κ3) is 3.41. The summed E-state index contributed by atoms with van der Waals surface area (Å²) in [6.45, 7) is 4.15. The molecule has 0 aliphatic carbocycles. The van der Waals surface area contributed by atoms with Gasteiger partial charge in [0.15, 0.2) is 5.16 Å². The van der Waals surface area contributed by atoms with Gasteiger partial charge >= 0.3 is 0 Å². The van der Waals surface area contributed by atoms with Gasteiger partial charge in [0.05, 0.1) is 33.3 Å². The van der Waals surface area contributed by atoms with Crippen LogP contribution in [0.4, 0.5) is 0 Å². The van der Waals surface area contributed by atoms with Gasteiger partial charge in [0.1, 0.15) is 11.4 Å². The summed E-state index contributed by atoms with van der Waals surface area (Å²) in [5.74, 6) is 1.12. The van der Waals surface area contributed by atoms with E-state index in [4.69, 9.17) is 16.3 Å². The summed E-state index contributed by atoms with van der Waals surface area (Å²) in [6, 6.07) is 7.24. The lowest BCUT2D eigenvalue weighted by Crippen LogP contribution is -2.32. The average molecular weight is 376 g/mol. The summed E-state index contributed by atoms with van der Waals surface area (Å²) in [4.78, 5) is 11.9. The van der Waals surface area contributed by atoms with Gasteiger partial charge in [0.25, 0.3) is 0 Å². The van der Waals surface area contributed by atoms with Crippen molar-refractivity contribution in [3.05, 3.63) is 46.7 Å². The Labute approximate surface area is 153 Å². The molecule has 1 aliphatic heterocycles. The summed E-state index contributed by atoms with van der Waals surface area (Å²) >= 11 is 5.98. The molecule has 1 unspecified atom stereocenters. The Morgan fingerprint density at radius 2 is 2.20 bits per heavy atom. The van der Waals surface area contributed by atoms with Gasteiger partial charge in [0, 0.05) is 22.8 Å². The maximum atomic E-state index is 12.7. The van der Waals surface area contributed by atoms with E-state index >= 15 is 0 Å². The molecule has 25 heavy (non-hydrogen) atoms. The predicted octanol–water partition coefficient (Wildman–Crippen LogP) is 4.02. The molecule has 4 rings (SSSR count). The van der Waals surface area contributed by atoms with Gasteiger partial charge in [-0.15, -0.1) is 0 Å². The number of ether oxygens (including phenoxy) is 1. The summed E-state index contributed by atoms with van der Waals surface area (Å²) in [7, 11) is -1.32. The monoisotopic (exact) mass is 375 g/mol. The molecule has 0 fully saturated rings. The van der Waals surface area contributed by atoms with Crippen molar-refractivity contribution in [2.24, 2.45) is 0 Å². The van der Waals surface area contributed by atoms with Crippen molar-refractivity contribution >= 4 is 33.4 Å². The Bertz CT molecular complexity index is 984. The fraction of sp³-hybridized carbons (Fsp3) is 0.333. The van der Waals surface area contributed by atoms with Gasteiger partial charge in [-0.05, 0) is 44.9 Å². The van der Waals surface area contributed by atoms with E-state index in [-0.39, 0.29) is 11.4 Å². The maximum absolute atomic E-state index is 12.7. The third-order valence-corrected chi connectivity index (χ3v) is 5.72. The smallest absolute Gasteiger partial charge is 0.197 e. The number of aromatic amines is 1. The molecular formula is C18H18ClN3O2S. The molecule has 0 spiro atoms. The van der Waals surface area contributed by atoms with Crippen LogP contribution < -0.4 is 4.74 Å². The number of benzene rings is 1. The van der Waals surface area contributed by atoms with E-state index in [1.807, 2.05) is 18.3 Å². The first-order valence-corrected chi connectivity index (χ1v) is 9.80. The van der Waals surface area contributed by atoms with Crippen LogP contribution in [-0.2, 0) is 23.0 Å². The molecule has 0 saturated heterocycles. The summed E-state index contributed by atoms with van der Waals surface area (Å²) in [6.07, 6.45) is 3.74. The summed E-state index contributed by atoms with van der Waals surface area (Å²) < 4.78 is 18.7. The van der Waals surface area contributed by atoms with Crippen LogP contribution in [0.1, 0.15) is 31.5 Å². The zero-order chi connectivity index (χ0) is 17.6. The molecule has 3 heterocycles. The van der Waals surface area contributed by atoms with Gasteiger partial charge in [-0.2, -0.15) is 0 Å². The lowest BCUT2D eigenvalue weighted by atomic mass is 9.95. The first kappa shape index (κ1) is 16.5. The summed E-state index contributed by atoms with van der Waals surface area (Å²) in [5, 5.41) is 1.04. The molecule has 3 aromatic rings. The van der Waals surface area contributed by atoms with Crippen LogP contribution in [0.3, 0.4) is 0 Å². The normalized spacial score (nSPS) is 17.1. The molecular weight excluding hydrogens is 358 g/mol. The topological polar surface area (TPSA) is 67.9 Å². The SMILES string of the molecule is CC1(C)CCc2cnc(CS(=O)c3nc4ccc(Cl)cc4[nH]3)cc2O1. The van der Waals surface area contributed by atoms with E-state index in [9.17, 15) is 4.21 Å². The Balaban J connectivity index is 1.58. The van der Waals surface area contributed by atoms with Crippen molar-refractivity contribution in [1.29, 1.82) is 0 Å². The van der Waals surface area contributed by atoms with E-state index in [2.05, 4.69) is 28.8 Å².